The minimum absolute atomic E-state index is 0.258. The molecule has 0 aliphatic carbocycles. The molecule has 2 aromatic carbocycles. The van der Waals surface area contributed by atoms with Gasteiger partial charge in [0.2, 0.25) is 5.90 Å². The van der Waals surface area contributed by atoms with Crippen LogP contribution in [-0.2, 0) is 16.1 Å². The number of nitrogens with zero attached hydrogens (tertiary/aromatic N) is 1. The smallest absolute Gasteiger partial charge is 0.363 e. The van der Waals surface area contributed by atoms with Gasteiger partial charge in [-0.05, 0) is 82.4 Å². The van der Waals surface area contributed by atoms with Gasteiger partial charge in [-0.3, -0.25) is 0 Å². The number of benzene rings is 2. The van der Waals surface area contributed by atoms with Crippen molar-refractivity contribution in [3.63, 3.8) is 0 Å². The zero-order chi connectivity index (χ0) is 20.9. The molecule has 0 saturated heterocycles. The first-order chi connectivity index (χ1) is 14.6. The molecule has 0 N–H and O–H groups in total. The van der Waals surface area contributed by atoms with E-state index in [4.69, 9.17) is 14.2 Å². The van der Waals surface area contributed by atoms with Crippen molar-refractivity contribution in [2.75, 3.05) is 6.61 Å². The number of ether oxygens (including phenoxy) is 3. The fourth-order valence-corrected chi connectivity index (χ4v) is 3.82. The molecule has 0 unspecified atom stereocenters. The number of cyclic esters (lactones) is 1. The first-order valence-corrected chi connectivity index (χ1v) is 11.3. The molecule has 2 heterocycles. The molecule has 0 fully saturated rings. The molecule has 3 aromatic rings. The normalized spacial score (nSPS) is 14.5. The summed E-state index contributed by atoms with van der Waals surface area (Å²) in [5, 5.41) is 1.91. The van der Waals surface area contributed by atoms with E-state index in [9.17, 15) is 4.79 Å². The van der Waals surface area contributed by atoms with E-state index in [0.717, 1.165) is 16.0 Å². The first-order valence-electron chi connectivity index (χ1n) is 9.33. The number of aliphatic imine (C=N–C) groups is 1. The number of carbonyl (C=O) groups excluding carboxylic acids is 1. The van der Waals surface area contributed by atoms with Crippen LogP contribution in [0.5, 0.6) is 11.5 Å². The summed E-state index contributed by atoms with van der Waals surface area (Å²) in [5.74, 6) is 1.14. The molecular weight excluding hydrogens is 513 g/mol. The van der Waals surface area contributed by atoms with Crippen LogP contribution in [0.15, 0.2) is 70.7 Å². The second-order valence-corrected chi connectivity index (χ2v) is 8.56. The number of hydrogen-bond donors (Lipinski definition) is 0. The van der Waals surface area contributed by atoms with Crippen molar-refractivity contribution in [3.8, 4) is 11.5 Å². The van der Waals surface area contributed by atoms with E-state index < -0.39 is 5.97 Å². The minimum atomic E-state index is -0.463. The largest absolute Gasteiger partial charge is 0.490 e. The van der Waals surface area contributed by atoms with Crippen molar-refractivity contribution in [2.24, 2.45) is 4.99 Å². The van der Waals surface area contributed by atoms with Gasteiger partial charge in [-0.15, -0.1) is 11.3 Å². The van der Waals surface area contributed by atoms with Gasteiger partial charge in [0.25, 0.3) is 0 Å². The van der Waals surface area contributed by atoms with Crippen molar-refractivity contribution in [1.82, 2.24) is 0 Å². The van der Waals surface area contributed by atoms with Crippen LogP contribution >= 0.6 is 33.9 Å². The summed E-state index contributed by atoms with van der Waals surface area (Å²) in [6.07, 6.45) is 1.69. The van der Waals surface area contributed by atoms with Gasteiger partial charge in [0.15, 0.2) is 17.2 Å². The number of thiophene rings is 1. The molecule has 1 aliphatic rings. The minimum Gasteiger partial charge on any atom is -0.490 e. The number of esters is 1. The fraction of sp³-hybridized carbons (Fsp3) is 0.130. The number of rotatable bonds is 7. The lowest BCUT2D eigenvalue weighted by Crippen LogP contribution is -2.03. The third-order valence-electron chi connectivity index (χ3n) is 4.23. The Morgan fingerprint density at radius 3 is 2.67 bits per heavy atom. The highest BCUT2D eigenvalue weighted by atomic mass is 127. The molecule has 0 atom stereocenters. The summed E-state index contributed by atoms with van der Waals surface area (Å²) >= 11 is 3.75. The third-order valence-corrected chi connectivity index (χ3v) is 5.81. The lowest BCUT2D eigenvalue weighted by Gasteiger charge is -2.13. The Bertz CT molecular complexity index is 1100. The van der Waals surface area contributed by atoms with E-state index in [1.54, 1.807) is 6.08 Å². The summed E-state index contributed by atoms with van der Waals surface area (Å²) in [6.45, 7) is 2.86. The molecule has 0 saturated carbocycles. The van der Waals surface area contributed by atoms with Crippen LogP contribution in [0.1, 0.15) is 22.9 Å². The molecule has 1 aliphatic heterocycles. The van der Waals surface area contributed by atoms with Gasteiger partial charge in [-0.2, -0.15) is 0 Å². The van der Waals surface area contributed by atoms with Gasteiger partial charge in [-0.1, -0.05) is 24.3 Å². The Labute approximate surface area is 192 Å². The van der Waals surface area contributed by atoms with Gasteiger partial charge in [0.05, 0.1) is 11.5 Å². The van der Waals surface area contributed by atoms with E-state index >= 15 is 0 Å². The summed E-state index contributed by atoms with van der Waals surface area (Å²) in [5.41, 5.74) is 2.12. The van der Waals surface area contributed by atoms with Crippen molar-refractivity contribution < 1.29 is 19.0 Å². The molecular formula is C23H18INO4S. The second kappa shape index (κ2) is 9.44. The van der Waals surface area contributed by atoms with Gasteiger partial charge in [0, 0.05) is 3.57 Å². The van der Waals surface area contributed by atoms with Crippen LogP contribution in [0.3, 0.4) is 0 Å². The highest BCUT2D eigenvalue weighted by molar-refractivity contribution is 14.1. The number of carbonyl (C=O) groups is 1. The highest BCUT2D eigenvalue weighted by Crippen LogP contribution is 2.31. The van der Waals surface area contributed by atoms with Gasteiger partial charge < -0.3 is 14.2 Å². The van der Waals surface area contributed by atoms with Crippen LogP contribution in [0.2, 0.25) is 0 Å². The Kier molecular flexibility index (Phi) is 6.49. The molecule has 5 nitrogen and oxygen atoms in total. The lowest BCUT2D eigenvalue weighted by atomic mass is 10.1. The van der Waals surface area contributed by atoms with Crippen molar-refractivity contribution in [1.29, 1.82) is 0 Å². The van der Waals surface area contributed by atoms with Crippen LogP contribution in [-0.4, -0.2) is 18.5 Å². The molecule has 30 heavy (non-hydrogen) atoms. The van der Waals surface area contributed by atoms with Crippen LogP contribution in [0, 0.1) is 3.57 Å². The van der Waals surface area contributed by atoms with Crippen molar-refractivity contribution in [3.05, 3.63) is 85.2 Å². The third kappa shape index (κ3) is 4.91. The van der Waals surface area contributed by atoms with E-state index in [0.29, 0.717) is 30.6 Å². The Morgan fingerprint density at radius 1 is 1.10 bits per heavy atom. The average Bonchev–Trinajstić information content (AvgIpc) is 3.39. The Hall–Kier alpha value is -2.65. The Morgan fingerprint density at radius 2 is 1.93 bits per heavy atom. The fourth-order valence-electron chi connectivity index (χ4n) is 2.82. The molecule has 1 aromatic heterocycles. The first kappa shape index (κ1) is 20.6. The van der Waals surface area contributed by atoms with E-state index in [1.165, 1.54) is 14.9 Å². The molecule has 0 bridgehead atoms. The topological polar surface area (TPSA) is 57.1 Å². The van der Waals surface area contributed by atoms with Gasteiger partial charge >= 0.3 is 5.97 Å². The highest BCUT2D eigenvalue weighted by Gasteiger charge is 2.24. The lowest BCUT2D eigenvalue weighted by molar-refractivity contribution is -0.129. The maximum atomic E-state index is 12.2. The zero-order valence-electron chi connectivity index (χ0n) is 16.1. The van der Waals surface area contributed by atoms with Gasteiger partial charge in [0.1, 0.15) is 6.61 Å². The quantitative estimate of drug-likeness (QED) is 0.224. The molecule has 4 rings (SSSR count). The summed E-state index contributed by atoms with van der Waals surface area (Å²) in [4.78, 5) is 17.3. The summed E-state index contributed by atoms with van der Waals surface area (Å²) < 4.78 is 18.2. The second-order valence-electron chi connectivity index (χ2n) is 6.37. The van der Waals surface area contributed by atoms with Crippen molar-refractivity contribution >= 4 is 51.9 Å². The van der Waals surface area contributed by atoms with Crippen LogP contribution in [0.25, 0.3) is 6.08 Å². The van der Waals surface area contributed by atoms with E-state index in [-0.39, 0.29) is 5.70 Å². The van der Waals surface area contributed by atoms with Gasteiger partial charge in [-0.25, -0.2) is 9.79 Å². The van der Waals surface area contributed by atoms with Crippen LogP contribution in [0.4, 0.5) is 0 Å². The summed E-state index contributed by atoms with van der Waals surface area (Å²) in [6, 6.07) is 17.5. The molecule has 0 spiro atoms. The monoisotopic (exact) mass is 531 g/mol. The maximum Gasteiger partial charge on any atom is 0.363 e. The molecule has 152 valence electrons. The molecule has 0 radical (unpaired) electrons. The average molecular weight is 531 g/mol. The van der Waals surface area contributed by atoms with Crippen molar-refractivity contribution in [2.45, 2.75) is 13.5 Å². The predicted molar refractivity (Wildman–Crippen MR) is 126 cm³/mol. The predicted octanol–water partition coefficient (Wildman–Crippen LogP) is 5.67. The zero-order valence-corrected chi connectivity index (χ0v) is 19.1. The molecule has 0 amide bonds. The van der Waals surface area contributed by atoms with E-state index in [2.05, 4.69) is 27.6 Å². The molecule has 7 heteroatoms. The van der Waals surface area contributed by atoms with Crippen LogP contribution < -0.4 is 9.47 Å². The number of hydrogen-bond acceptors (Lipinski definition) is 6. The number of halogens is 1. The summed E-state index contributed by atoms with van der Waals surface area (Å²) in [7, 11) is 0. The Balaban J connectivity index is 1.54. The SMILES string of the molecule is CCOc1cc(/C=C2\N=C(c3cccs3)OC2=O)ccc1OCc1ccc(I)cc1. The van der Waals surface area contributed by atoms with E-state index in [1.807, 2.05) is 66.9 Å². The standard InChI is InChI=1S/C23H18INO4S/c1-2-27-20-13-16(7-10-19(20)28-14-15-5-8-17(24)9-6-15)12-18-23(26)29-22(25-18)21-4-3-11-30-21/h3-13H,2,14H2,1H3/b18-12-. The maximum absolute atomic E-state index is 12.2.